The molecule has 0 aromatic rings. The minimum Gasteiger partial charge on any atom is -0.374 e. The molecule has 0 unspecified atom stereocenters. The summed E-state index contributed by atoms with van der Waals surface area (Å²) in [6, 6.07) is 0. The molecule has 0 amide bonds. The Morgan fingerprint density at radius 1 is 1.86 bits per heavy atom. The topological polar surface area (TPSA) is 24.4 Å². The van der Waals surface area contributed by atoms with Crippen LogP contribution in [0.4, 0.5) is 0 Å². The van der Waals surface area contributed by atoms with Crippen LogP contribution >= 0.6 is 0 Å². The molecule has 0 aliphatic heterocycles. The van der Waals surface area contributed by atoms with Gasteiger partial charge in [-0.05, 0) is 6.92 Å². The maximum atomic E-state index is 3.81. The summed E-state index contributed by atoms with van der Waals surface area (Å²) in [5.41, 5.74) is 0. The van der Waals surface area contributed by atoms with E-state index in [2.05, 4.69) is 16.9 Å². The number of nitrogens with one attached hydrogen (secondary N) is 1. The Morgan fingerprint density at radius 2 is 2.43 bits per heavy atom. The van der Waals surface area contributed by atoms with E-state index in [-0.39, 0.29) is 0 Å². The second-order valence-electron chi connectivity index (χ2n) is 1.08. The lowest BCUT2D eigenvalue weighted by Crippen LogP contribution is -2.00. The first-order valence-corrected chi connectivity index (χ1v) is 2.16. The van der Waals surface area contributed by atoms with Gasteiger partial charge in [0.1, 0.15) is 5.82 Å². The summed E-state index contributed by atoms with van der Waals surface area (Å²) in [4.78, 5) is 3.81. The Balaban J connectivity index is 3.37. The van der Waals surface area contributed by atoms with Crippen LogP contribution in [-0.4, -0.2) is 13.3 Å². The van der Waals surface area contributed by atoms with Gasteiger partial charge in [0.25, 0.3) is 0 Å². The first-order chi connectivity index (χ1) is 3.31. The van der Waals surface area contributed by atoms with Crippen LogP contribution in [0.1, 0.15) is 6.92 Å². The quantitative estimate of drug-likeness (QED) is 0.507. The summed E-state index contributed by atoms with van der Waals surface area (Å²) in [5.74, 6) is 0.697. The molecule has 0 radical (unpaired) electrons. The molecule has 0 saturated carbocycles. The lowest BCUT2D eigenvalue weighted by Gasteiger charge is -1.91. The first kappa shape index (κ1) is 6.21. The van der Waals surface area contributed by atoms with Crippen LogP contribution in [0.3, 0.4) is 0 Å². The average Bonchev–Trinajstić information content (AvgIpc) is 1.68. The summed E-state index contributed by atoms with van der Waals surface area (Å²) < 4.78 is 0. The highest BCUT2D eigenvalue weighted by Crippen LogP contribution is 1.78. The third-order valence-corrected chi connectivity index (χ3v) is 0.574. The van der Waals surface area contributed by atoms with Crippen molar-refractivity contribution in [2.45, 2.75) is 6.92 Å². The van der Waals surface area contributed by atoms with Crippen LogP contribution in [0.25, 0.3) is 0 Å². The third kappa shape index (κ3) is 3.03. The predicted molar refractivity (Wildman–Crippen MR) is 32.4 cm³/mol. The van der Waals surface area contributed by atoms with E-state index in [0.29, 0.717) is 5.82 Å². The van der Waals surface area contributed by atoms with Crippen molar-refractivity contribution in [2.75, 3.05) is 7.05 Å². The molecule has 0 spiro atoms. The molecule has 1 N–H and O–H groups in total. The Labute approximate surface area is 44.0 Å². The van der Waals surface area contributed by atoms with Crippen molar-refractivity contribution in [3.8, 4) is 0 Å². The molecule has 7 heavy (non-hydrogen) atoms. The van der Waals surface area contributed by atoms with E-state index in [1.54, 1.807) is 13.3 Å². The Kier molecular flexibility index (Phi) is 3.02. The molecule has 0 aliphatic rings. The van der Waals surface area contributed by atoms with Crippen LogP contribution < -0.4 is 5.32 Å². The van der Waals surface area contributed by atoms with Crippen LogP contribution in [0, 0.1) is 0 Å². The predicted octanol–water partition coefficient (Wildman–Crippen LogP) is 0.768. The number of rotatable bonds is 2. The molecule has 0 aliphatic carbocycles. The van der Waals surface area contributed by atoms with Crippen LogP contribution in [0.2, 0.25) is 0 Å². The lowest BCUT2D eigenvalue weighted by atomic mass is 10.8. The molecule has 0 saturated heterocycles. The van der Waals surface area contributed by atoms with Gasteiger partial charge in [0.15, 0.2) is 0 Å². The maximum absolute atomic E-state index is 3.81. The molecule has 0 bridgehead atoms. The Hall–Kier alpha value is -0.790. The molecule has 0 aromatic carbocycles. The fourth-order valence-corrected chi connectivity index (χ4v) is 0.220. The highest BCUT2D eigenvalue weighted by Gasteiger charge is 1.72. The summed E-state index contributed by atoms with van der Waals surface area (Å²) in [7, 11) is 1.79. The normalized spacial score (nSPS) is 9.43. The van der Waals surface area contributed by atoms with E-state index >= 15 is 0 Å². The SMILES string of the molecule is C=C(/N=C/C)NC. The first-order valence-electron chi connectivity index (χ1n) is 2.16. The van der Waals surface area contributed by atoms with Crippen molar-refractivity contribution in [3.63, 3.8) is 0 Å². The zero-order valence-electron chi connectivity index (χ0n) is 4.73. The van der Waals surface area contributed by atoms with E-state index in [4.69, 9.17) is 0 Å². The van der Waals surface area contributed by atoms with Gasteiger partial charge in [-0.25, -0.2) is 4.99 Å². The molecule has 0 aromatic heterocycles. The number of nitrogens with zero attached hydrogens (tertiary/aromatic N) is 1. The van der Waals surface area contributed by atoms with Crippen molar-refractivity contribution in [2.24, 2.45) is 4.99 Å². The van der Waals surface area contributed by atoms with Gasteiger partial charge in [-0.3, -0.25) is 0 Å². The van der Waals surface area contributed by atoms with Gasteiger partial charge in [-0.1, -0.05) is 6.58 Å². The molecule has 0 atom stereocenters. The molecule has 2 heteroatoms. The van der Waals surface area contributed by atoms with Gasteiger partial charge in [0, 0.05) is 13.3 Å². The molecular formula is C5H10N2. The highest BCUT2D eigenvalue weighted by atomic mass is 15.0. The third-order valence-electron chi connectivity index (χ3n) is 0.574. The van der Waals surface area contributed by atoms with Crippen molar-refractivity contribution in [1.82, 2.24) is 5.32 Å². The number of aliphatic imine (C=N–C) groups is 1. The van der Waals surface area contributed by atoms with Gasteiger partial charge < -0.3 is 5.32 Å². The molecule has 40 valence electrons. The van der Waals surface area contributed by atoms with Crippen molar-refractivity contribution < 1.29 is 0 Å². The monoisotopic (exact) mass is 98.1 g/mol. The maximum Gasteiger partial charge on any atom is 0.117 e. The minimum atomic E-state index is 0.697. The Morgan fingerprint density at radius 3 is 2.57 bits per heavy atom. The second kappa shape index (κ2) is 3.40. The van der Waals surface area contributed by atoms with E-state index < -0.39 is 0 Å². The average molecular weight is 98.1 g/mol. The fourth-order valence-electron chi connectivity index (χ4n) is 0.220. The Bertz CT molecular complexity index is 84.1. The van der Waals surface area contributed by atoms with Crippen LogP contribution in [-0.2, 0) is 0 Å². The highest BCUT2D eigenvalue weighted by molar-refractivity contribution is 5.54. The van der Waals surface area contributed by atoms with Crippen LogP contribution in [0.15, 0.2) is 17.4 Å². The molecule has 0 heterocycles. The van der Waals surface area contributed by atoms with Crippen molar-refractivity contribution in [1.29, 1.82) is 0 Å². The van der Waals surface area contributed by atoms with Crippen molar-refractivity contribution >= 4 is 6.21 Å². The van der Waals surface area contributed by atoms with Gasteiger partial charge in [0.05, 0.1) is 0 Å². The zero-order chi connectivity index (χ0) is 5.70. The summed E-state index contributed by atoms with van der Waals surface area (Å²) in [6.45, 7) is 5.40. The molecule has 0 fully saturated rings. The largest absolute Gasteiger partial charge is 0.374 e. The van der Waals surface area contributed by atoms with Gasteiger partial charge in [0.2, 0.25) is 0 Å². The van der Waals surface area contributed by atoms with Gasteiger partial charge >= 0.3 is 0 Å². The van der Waals surface area contributed by atoms with Gasteiger partial charge in [-0.2, -0.15) is 0 Å². The van der Waals surface area contributed by atoms with E-state index in [1.807, 2.05) is 6.92 Å². The molecular weight excluding hydrogens is 88.1 g/mol. The van der Waals surface area contributed by atoms with E-state index in [1.165, 1.54) is 0 Å². The molecule has 2 nitrogen and oxygen atoms in total. The second-order valence-corrected chi connectivity index (χ2v) is 1.08. The smallest absolute Gasteiger partial charge is 0.117 e. The summed E-state index contributed by atoms with van der Waals surface area (Å²) in [6.07, 6.45) is 1.69. The zero-order valence-corrected chi connectivity index (χ0v) is 4.73. The fraction of sp³-hybridized carbons (Fsp3) is 0.400. The lowest BCUT2D eigenvalue weighted by molar-refractivity contribution is 0.976. The summed E-state index contributed by atoms with van der Waals surface area (Å²) >= 11 is 0. The standard InChI is InChI=1S/C5H10N2/c1-4-7-5(2)6-3/h4,6H,2H2,1,3H3/b7-4+. The number of hydrogen-bond donors (Lipinski definition) is 1. The molecule has 0 rings (SSSR count). The number of hydrogen-bond acceptors (Lipinski definition) is 2. The van der Waals surface area contributed by atoms with E-state index in [0.717, 1.165) is 0 Å². The van der Waals surface area contributed by atoms with E-state index in [9.17, 15) is 0 Å². The summed E-state index contributed by atoms with van der Waals surface area (Å²) in [5, 5.41) is 2.77. The van der Waals surface area contributed by atoms with Gasteiger partial charge in [-0.15, -0.1) is 0 Å². The minimum absolute atomic E-state index is 0.697. The van der Waals surface area contributed by atoms with Crippen molar-refractivity contribution in [3.05, 3.63) is 12.4 Å². The van der Waals surface area contributed by atoms with Crippen LogP contribution in [0.5, 0.6) is 0 Å².